The molecule has 0 aliphatic carbocycles. The first-order valence-corrected chi connectivity index (χ1v) is 9.22. The Hall–Kier alpha value is -2.73. The number of hydrogen-bond acceptors (Lipinski definition) is 4. The largest absolute Gasteiger partial charge is 0.323 e. The standard InChI is InChI=1S/C21H26N4O2/c1-5-25-18-9-8-15(12-22-13-16-7-6-10-23-14(16)2)11-17(18)24-19(26)21(3,4)20(25)27/h6-11,22H,5,12-13H2,1-4H3,(H,24,26). The van der Waals surface area contributed by atoms with E-state index in [1.807, 2.05) is 38.1 Å². The molecule has 6 nitrogen and oxygen atoms in total. The fourth-order valence-electron chi connectivity index (χ4n) is 3.21. The molecule has 2 aromatic rings. The summed E-state index contributed by atoms with van der Waals surface area (Å²) in [5.74, 6) is -0.458. The molecule has 142 valence electrons. The van der Waals surface area contributed by atoms with Crippen molar-refractivity contribution in [3.63, 3.8) is 0 Å². The average molecular weight is 366 g/mol. The van der Waals surface area contributed by atoms with Crippen LogP contribution in [0.4, 0.5) is 11.4 Å². The quantitative estimate of drug-likeness (QED) is 0.798. The zero-order valence-electron chi connectivity index (χ0n) is 16.3. The topological polar surface area (TPSA) is 74.3 Å². The normalized spacial score (nSPS) is 15.9. The van der Waals surface area contributed by atoms with Gasteiger partial charge in [-0.25, -0.2) is 0 Å². The lowest BCUT2D eigenvalue weighted by molar-refractivity contribution is -0.136. The van der Waals surface area contributed by atoms with Crippen LogP contribution in [0.1, 0.15) is 37.6 Å². The second kappa shape index (κ2) is 7.48. The zero-order valence-corrected chi connectivity index (χ0v) is 16.3. The number of pyridine rings is 1. The summed E-state index contributed by atoms with van der Waals surface area (Å²) in [6.07, 6.45) is 1.79. The Morgan fingerprint density at radius 2 is 1.96 bits per heavy atom. The van der Waals surface area contributed by atoms with Crippen molar-refractivity contribution in [1.29, 1.82) is 0 Å². The maximum atomic E-state index is 12.8. The van der Waals surface area contributed by atoms with Gasteiger partial charge in [-0.05, 0) is 57.0 Å². The molecule has 2 heterocycles. The molecule has 0 saturated heterocycles. The summed E-state index contributed by atoms with van der Waals surface area (Å²) in [6.45, 7) is 9.13. The average Bonchev–Trinajstić information content (AvgIpc) is 2.71. The molecular formula is C21H26N4O2. The Balaban J connectivity index is 1.79. The Labute approximate surface area is 160 Å². The molecule has 6 heteroatoms. The lowest BCUT2D eigenvalue weighted by Crippen LogP contribution is -2.45. The molecule has 0 saturated carbocycles. The molecule has 1 aliphatic rings. The number of aromatic nitrogens is 1. The van der Waals surface area contributed by atoms with Gasteiger partial charge in [-0.1, -0.05) is 12.1 Å². The van der Waals surface area contributed by atoms with Gasteiger partial charge in [-0.2, -0.15) is 0 Å². The van der Waals surface area contributed by atoms with Crippen molar-refractivity contribution in [1.82, 2.24) is 10.3 Å². The second-order valence-electron chi connectivity index (χ2n) is 7.33. The highest BCUT2D eigenvalue weighted by Gasteiger charge is 2.42. The van der Waals surface area contributed by atoms with Crippen LogP contribution in [-0.2, 0) is 22.7 Å². The van der Waals surface area contributed by atoms with Gasteiger partial charge in [0.15, 0.2) is 0 Å². The molecule has 3 rings (SSSR count). The monoisotopic (exact) mass is 366 g/mol. The van der Waals surface area contributed by atoms with Crippen LogP contribution < -0.4 is 15.5 Å². The molecule has 2 amide bonds. The summed E-state index contributed by atoms with van der Waals surface area (Å²) in [5.41, 5.74) is 3.54. The first kappa shape index (κ1) is 19.0. The van der Waals surface area contributed by atoms with Gasteiger partial charge < -0.3 is 15.5 Å². The predicted molar refractivity (Wildman–Crippen MR) is 106 cm³/mol. The minimum Gasteiger partial charge on any atom is -0.323 e. The summed E-state index contributed by atoms with van der Waals surface area (Å²) in [6, 6.07) is 9.82. The number of carbonyl (C=O) groups is 2. The SMILES string of the molecule is CCN1C(=O)C(C)(C)C(=O)Nc2cc(CNCc3cccnc3C)ccc21. The predicted octanol–water partition coefficient (Wildman–Crippen LogP) is 3.01. The summed E-state index contributed by atoms with van der Waals surface area (Å²) in [4.78, 5) is 31.3. The molecule has 0 spiro atoms. The molecule has 1 aliphatic heterocycles. The van der Waals surface area contributed by atoms with E-state index in [-0.39, 0.29) is 11.8 Å². The van der Waals surface area contributed by atoms with Crippen molar-refractivity contribution in [3.8, 4) is 0 Å². The van der Waals surface area contributed by atoms with Gasteiger partial charge in [0.1, 0.15) is 5.41 Å². The highest BCUT2D eigenvalue weighted by molar-refractivity contribution is 6.19. The van der Waals surface area contributed by atoms with Gasteiger partial charge in [0, 0.05) is 31.5 Å². The number of carbonyl (C=O) groups excluding carboxylic acids is 2. The van der Waals surface area contributed by atoms with E-state index in [2.05, 4.69) is 21.7 Å². The van der Waals surface area contributed by atoms with Crippen LogP contribution >= 0.6 is 0 Å². The number of rotatable bonds is 5. The van der Waals surface area contributed by atoms with Crippen molar-refractivity contribution in [2.24, 2.45) is 5.41 Å². The second-order valence-corrected chi connectivity index (χ2v) is 7.33. The van der Waals surface area contributed by atoms with Crippen molar-refractivity contribution < 1.29 is 9.59 Å². The lowest BCUT2D eigenvalue weighted by Gasteiger charge is -2.26. The van der Waals surface area contributed by atoms with Crippen LogP contribution in [0.2, 0.25) is 0 Å². The third-order valence-corrected chi connectivity index (χ3v) is 5.02. The van der Waals surface area contributed by atoms with Crippen LogP contribution in [0.15, 0.2) is 36.5 Å². The van der Waals surface area contributed by atoms with Crippen LogP contribution in [0.25, 0.3) is 0 Å². The van der Waals surface area contributed by atoms with Gasteiger partial charge in [-0.3, -0.25) is 14.6 Å². The number of nitrogens with zero attached hydrogens (tertiary/aromatic N) is 2. The summed E-state index contributed by atoms with van der Waals surface area (Å²) in [5, 5.41) is 6.34. The first-order chi connectivity index (χ1) is 12.8. The molecule has 1 aromatic heterocycles. The van der Waals surface area contributed by atoms with E-state index in [1.165, 1.54) is 0 Å². The number of anilines is 2. The van der Waals surface area contributed by atoms with Gasteiger partial charge in [0.25, 0.3) is 0 Å². The van der Waals surface area contributed by atoms with E-state index in [0.717, 1.165) is 29.1 Å². The molecule has 27 heavy (non-hydrogen) atoms. The van der Waals surface area contributed by atoms with E-state index in [1.54, 1.807) is 24.9 Å². The Morgan fingerprint density at radius 1 is 1.19 bits per heavy atom. The minimum atomic E-state index is -1.09. The maximum Gasteiger partial charge on any atom is 0.242 e. The smallest absolute Gasteiger partial charge is 0.242 e. The van der Waals surface area contributed by atoms with Gasteiger partial charge in [0.2, 0.25) is 11.8 Å². The Bertz CT molecular complexity index is 876. The first-order valence-electron chi connectivity index (χ1n) is 9.22. The summed E-state index contributed by atoms with van der Waals surface area (Å²) < 4.78 is 0. The van der Waals surface area contributed by atoms with Crippen LogP contribution in [0.5, 0.6) is 0 Å². The van der Waals surface area contributed by atoms with Crippen molar-refractivity contribution in [2.45, 2.75) is 40.8 Å². The molecule has 0 fully saturated rings. The maximum absolute atomic E-state index is 12.8. The fraction of sp³-hybridized carbons (Fsp3) is 0.381. The molecule has 0 bridgehead atoms. The number of nitrogens with one attached hydrogen (secondary N) is 2. The third kappa shape index (κ3) is 3.71. The van der Waals surface area contributed by atoms with E-state index in [0.29, 0.717) is 18.8 Å². The van der Waals surface area contributed by atoms with Gasteiger partial charge >= 0.3 is 0 Å². The van der Waals surface area contributed by atoms with Crippen molar-refractivity contribution in [3.05, 3.63) is 53.3 Å². The number of aryl methyl sites for hydroxylation is 1. The van der Waals surface area contributed by atoms with Crippen molar-refractivity contribution in [2.75, 3.05) is 16.8 Å². The van der Waals surface area contributed by atoms with E-state index < -0.39 is 5.41 Å². The van der Waals surface area contributed by atoms with Crippen LogP contribution in [0, 0.1) is 12.3 Å². The summed E-state index contributed by atoms with van der Waals surface area (Å²) in [7, 11) is 0. The number of benzene rings is 1. The molecule has 0 atom stereocenters. The number of fused-ring (bicyclic) bond motifs is 1. The van der Waals surface area contributed by atoms with Crippen LogP contribution in [0.3, 0.4) is 0 Å². The van der Waals surface area contributed by atoms with E-state index in [9.17, 15) is 9.59 Å². The molecule has 1 aromatic carbocycles. The Kier molecular flexibility index (Phi) is 5.28. The highest BCUT2D eigenvalue weighted by atomic mass is 16.2. The van der Waals surface area contributed by atoms with E-state index in [4.69, 9.17) is 0 Å². The number of hydrogen-bond donors (Lipinski definition) is 2. The van der Waals surface area contributed by atoms with Crippen molar-refractivity contribution >= 4 is 23.2 Å². The zero-order chi connectivity index (χ0) is 19.6. The molecular weight excluding hydrogens is 340 g/mol. The number of amides is 2. The van der Waals surface area contributed by atoms with E-state index >= 15 is 0 Å². The fourth-order valence-corrected chi connectivity index (χ4v) is 3.21. The molecule has 0 radical (unpaired) electrons. The highest BCUT2D eigenvalue weighted by Crippen LogP contribution is 2.35. The van der Waals surface area contributed by atoms with Gasteiger partial charge in [-0.15, -0.1) is 0 Å². The Morgan fingerprint density at radius 3 is 2.67 bits per heavy atom. The lowest BCUT2D eigenvalue weighted by atomic mass is 9.91. The molecule has 0 unspecified atom stereocenters. The van der Waals surface area contributed by atoms with Crippen LogP contribution in [-0.4, -0.2) is 23.3 Å². The third-order valence-electron chi connectivity index (χ3n) is 5.02. The van der Waals surface area contributed by atoms with Gasteiger partial charge in [0.05, 0.1) is 11.4 Å². The minimum absolute atomic E-state index is 0.181. The summed E-state index contributed by atoms with van der Waals surface area (Å²) >= 11 is 0. The molecule has 2 N–H and O–H groups in total.